The molecular weight excluding hydrogens is 286 g/mol. The normalized spacial score (nSPS) is 10.3. The van der Waals surface area contributed by atoms with E-state index in [4.69, 9.17) is 13.9 Å². The molecule has 0 aliphatic carbocycles. The second-order valence-electron chi connectivity index (χ2n) is 4.36. The average Bonchev–Trinajstić information content (AvgIpc) is 2.93. The third kappa shape index (κ3) is 3.72. The number of hydrogen-bond acceptors (Lipinski definition) is 6. The Bertz CT molecular complexity index is 648. The average molecular weight is 303 g/mol. The summed E-state index contributed by atoms with van der Waals surface area (Å²) in [5.41, 5.74) is 0.729. The van der Waals surface area contributed by atoms with Crippen LogP contribution in [0.1, 0.15) is 30.8 Å². The number of aromatic nitrogens is 1. The molecule has 0 aliphatic rings. The van der Waals surface area contributed by atoms with Crippen molar-refractivity contribution >= 4 is 11.8 Å². The summed E-state index contributed by atoms with van der Waals surface area (Å²) >= 11 is 0. The minimum Gasteiger partial charge on any atom is -0.466 e. The van der Waals surface area contributed by atoms with Gasteiger partial charge in [0.1, 0.15) is 6.42 Å². The van der Waals surface area contributed by atoms with Crippen molar-refractivity contribution < 1.29 is 23.5 Å². The van der Waals surface area contributed by atoms with E-state index in [1.54, 1.807) is 26.0 Å². The lowest BCUT2D eigenvalue weighted by Crippen LogP contribution is -2.12. The third-order valence-electron chi connectivity index (χ3n) is 2.77. The lowest BCUT2D eigenvalue weighted by molar-refractivity contribution is -0.141. The van der Waals surface area contributed by atoms with Crippen LogP contribution >= 0.6 is 0 Å². The van der Waals surface area contributed by atoms with Gasteiger partial charge in [-0.2, -0.15) is 0 Å². The van der Waals surface area contributed by atoms with E-state index < -0.39 is 18.2 Å². The van der Waals surface area contributed by atoms with Crippen LogP contribution in [0.3, 0.4) is 0 Å². The van der Waals surface area contributed by atoms with Crippen LogP contribution in [-0.4, -0.2) is 30.0 Å². The predicted molar refractivity (Wildman–Crippen MR) is 78.7 cm³/mol. The Morgan fingerprint density at radius 3 is 2.50 bits per heavy atom. The molecule has 0 saturated carbocycles. The number of rotatable bonds is 7. The fraction of sp³-hybridized carbons (Fsp3) is 0.312. The molecule has 0 unspecified atom stereocenters. The first-order valence-corrected chi connectivity index (χ1v) is 7.03. The number of oxazole rings is 1. The molecule has 0 spiro atoms. The monoisotopic (exact) mass is 303 g/mol. The molecule has 0 fully saturated rings. The van der Waals surface area contributed by atoms with Crippen LogP contribution in [0.25, 0.3) is 11.5 Å². The summed E-state index contributed by atoms with van der Waals surface area (Å²) in [6, 6.07) is 9.14. The highest BCUT2D eigenvalue weighted by Gasteiger charge is 2.24. The molecule has 0 N–H and O–H groups in total. The van der Waals surface area contributed by atoms with Crippen LogP contribution in [0.2, 0.25) is 0 Å². The Morgan fingerprint density at radius 1 is 1.14 bits per heavy atom. The van der Waals surface area contributed by atoms with Gasteiger partial charge >= 0.3 is 11.9 Å². The van der Waals surface area contributed by atoms with Gasteiger partial charge in [-0.1, -0.05) is 18.2 Å². The van der Waals surface area contributed by atoms with Crippen molar-refractivity contribution in [3.05, 3.63) is 36.0 Å². The van der Waals surface area contributed by atoms with E-state index in [2.05, 4.69) is 4.98 Å². The number of carbonyl (C=O) groups excluding carboxylic acids is 2. The molecule has 2 aromatic rings. The van der Waals surface area contributed by atoms with Gasteiger partial charge in [-0.05, 0) is 26.0 Å². The number of ether oxygens (including phenoxy) is 2. The van der Waals surface area contributed by atoms with Gasteiger partial charge in [0.2, 0.25) is 5.89 Å². The number of nitrogens with zero attached hydrogens (tertiary/aromatic N) is 1. The van der Waals surface area contributed by atoms with Gasteiger partial charge in [0.15, 0.2) is 11.5 Å². The van der Waals surface area contributed by atoms with Crippen molar-refractivity contribution in [1.82, 2.24) is 4.98 Å². The molecule has 1 aromatic carbocycles. The SMILES string of the molecule is CCOC(=O)CC(=O)c1nc(-c2ccccc2)oc1OCC. The van der Waals surface area contributed by atoms with Crippen molar-refractivity contribution in [2.45, 2.75) is 20.3 Å². The summed E-state index contributed by atoms with van der Waals surface area (Å²) in [6.45, 7) is 3.99. The van der Waals surface area contributed by atoms with E-state index in [-0.39, 0.29) is 24.1 Å². The van der Waals surface area contributed by atoms with Crippen molar-refractivity contribution in [2.75, 3.05) is 13.2 Å². The second-order valence-corrected chi connectivity index (χ2v) is 4.36. The molecular formula is C16H17NO5. The Labute approximate surface area is 128 Å². The fourth-order valence-electron chi connectivity index (χ4n) is 1.84. The summed E-state index contributed by atoms with van der Waals surface area (Å²) in [5, 5.41) is 0. The van der Waals surface area contributed by atoms with E-state index in [1.165, 1.54) is 0 Å². The lowest BCUT2D eigenvalue weighted by atomic mass is 10.2. The maximum atomic E-state index is 12.2. The summed E-state index contributed by atoms with van der Waals surface area (Å²) in [4.78, 5) is 27.8. The quantitative estimate of drug-likeness (QED) is 0.444. The first kappa shape index (κ1) is 15.8. The topological polar surface area (TPSA) is 78.6 Å². The maximum absolute atomic E-state index is 12.2. The molecule has 0 saturated heterocycles. The van der Waals surface area contributed by atoms with Gasteiger partial charge in [0, 0.05) is 5.56 Å². The van der Waals surface area contributed by atoms with Crippen LogP contribution < -0.4 is 4.74 Å². The Balaban J connectivity index is 2.27. The highest BCUT2D eigenvalue weighted by Crippen LogP contribution is 2.28. The van der Waals surface area contributed by atoms with E-state index in [0.29, 0.717) is 6.61 Å². The largest absolute Gasteiger partial charge is 0.466 e. The number of Topliss-reactive ketones (excluding diaryl/α,β-unsaturated/α-hetero) is 1. The Hall–Kier alpha value is -2.63. The molecule has 6 heteroatoms. The van der Waals surface area contributed by atoms with E-state index >= 15 is 0 Å². The van der Waals surface area contributed by atoms with Gasteiger partial charge in [-0.15, -0.1) is 0 Å². The summed E-state index contributed by atoms with van der Waals surface area (Å²) < 4.78 is 15.6. The molecule has 1 aromatic heterocycles. The number of benzene rings is 1. The number of esters is 1. The predicted octanol–water partition coefficient (Wildman–Crippen LogP) is 2.88. The molecule has 0 amide bonds. The highest BCUT2D eigenvalue weighted by atomic mass is 16.6. The smallest absolute Gasteiger partial charge is 0.317 e. The van der Waals surface area contributed by atoms with E-state index in [9.17, 15) is 9.59 Å². The zero-order valence-electron chi connectivity index (χ0n) is 12.5. The molecule has 1 heterocycles. The first-order chi connectivity index (χ1) is 10.7. The van der Waals surface area contributed by atoms with Gasteiger partial charge in [-0.3, -0.25) is 9.59 Å². The molecule has 6 nitrogen and oxygen atoms in total. The molecule has 116 valence electrons. The zero-order chi connectivity index (χ0) is 15.9. The summed E-state index contributed by atoms with van der Waals surface area (Å²) in [7, 11) is 0. The highest BCUT2D eigenvalue weighted by molar-refractivity contribution is 6.06. The number of carbonyl (C=O) groups is 2. The first-order valence-electron chi connectivity index (χ1n) is 7.03. The zero-order valence-corrected chi connectivity index (χ0v) is 12.5. The van der Waals surface area contributed by atoms with Crippen LogP contribution in [0.4, 0.5) is 0 Å². The summed E-state index contributed by atoms with van der Waals surface area (Å²) in [5.74, 6) is -0.793. The molecule has 0 aliphatic heterocycles. The van der Waals surface area contributed by atoms with E-state index in [1.807, 2.05) is 18.2 Å². The molecule has 0 bridgehead atoms. The van der Waals surface area contributed by atoms with Gasteiger partial charge in [0.25, 0.3) is 0 Å². The van der Waals surface area contributed by atoms with Crippen LogP contribution in [0.15, 0.2) is 34.7 Å². The molecule has 2 rings (SSSR count). The van der Waals surface area contributed by atoms with Crippen LogP contribution in [0, 0.1) is 0 Å². The molecule has 0 radical (unpaired) electrons. The Morgan fingerprint density at radius 2 is 1.86 bits per heavy atom. The van der Waals surface area contributed by atoms with Crippen molar-refractivity contribution in [3.63, 3.8) is 0 Å². The maximum Gasteiger partial charge on any atom is 0.317 e. The van der Waals surface area contributed by atoms with Crippen molar-refractivity contribution in [2.24, 2.45) is 0 Å². The molecule has 22 heavy (non-hydrogen) atoms. The van der Waals surface area contributed by atoms with Crippen LogP contribution in [0.5, 0.6) is 5.95 Å². The number of hydrogen-bond donors (Lipinski definition) is 0. The van der Waals surface area contributed by atoms with Crippen molar-refractivity contribution in [3.8, 4) is 17.4 Å². The number of ketones is 1. The van der Waals surface area contributed by atoms with Crippen LogP contribution in [-0.2, 0) is 9.53 Å². The van der Waals surface area contributed by atoms with Gasteiger partial charge in [0.05, 0.1) is 13.2 Å². The van der Waals surface area contributed by atoms with Gasteiger partial charge < -0.3 is 13.9 Å². The molecule has 0 atom stereocenters. The van der Waals surface area contributed by atoms with E-state index in [0.717, 1.165) is 5.56 Å². The van der Waals surface area contributed by atoms with Crippen molar-refractivity contribution in [1.29, 1.82) is 0 Å². The third-order valence-corrected chi connectivity index (χ3v) is 2.77. The van der Waals surface area contributed by atoms with Gasteiger partial charge in [-0.25, -0.2) is 4.98 Å². The summed E-state index contributed by atoms with van der Waals surface area (Å²) in [6.07, 6.45) is -0.394. The lowest BCUT2D eigenvalue weighted by Gasteiger charge is -2.01. The minimum atomic E-state index is -0.598. The fourth-order valence-corrected chi connectivity index (χ4v) is 1.84. The minimum absolute atomic E-state index is 0.00811. The Kier molecular flexibility index (Phi) is 5.30. The second kappa shape index (κ2) is 7.40. The standard InChI is InChI=1S/C16H17NO5/c1-3-20-13(19)10-12(18)14-16(21-4-2)22-15(17-14)11-8-6-5-7-9-11/h5-9H,3-4,10H2,1-2H3.